The van der Waals surface area contributed by atoms with Crippen LogP contribution in [0.4, 0.5) is 0 Å². The standard InChI is InChI=1S/C53H44N4O/c1-53(2,3)40-27-28-54-50(33-40)57-47-23-12-11-20-45(47)46-26-25-41(34-48(46)57)58-42-31-38(49-35-55(4)51-24-13-14-29-56(49)51)30-39(32-42)52-43(36-16-7-5-8-17-36)21-15-22-44(52)37-18-9-6-10-19-37/h5-35,51H,1-4H3/i4D3. The Kier molecular flexibility index (Phi) is 7.80. The van der Waals surface area contributed by atoms with Crippen LogP contribution in [-0.4, -0.2) is 32.5 Å². The Hall–Kier alpha value is -7.11. The van der Waals surface area contributed by atoms with Gasteiger partial charge in [-0.3, -0.25) is 4.57 Å². The minimum absolute atomic E-state index is 0.0531. The van der Waals surface area contributed by atoms with Crippen LogP contribution in [0.2, 0.25) is 0 Å². The molecule has 0 saturated heterocycles. The molecule has 0 spiro atoms. The molecule has 5 heteroatoms. The lowest BCUT2D eigenvalue weighted by molar-refractivity contribution is 0.282. The number of nitrogens with zero attached hydrogens (tertiary/aromatic N) is 4. The highest BCUT2D eigenvalue weighted by atomic mass is 16.5. The largest absolute Gasteiger partial charge is 0.457 e. The van der Waals surface area contributed by atoms with Crippen LogP contribution in [-0.2, 0) is 5.41 Å². The van der Waals surface area contributed by atoms with Crippen LogP contribution >= 0.6 is 0 Å². The smallest absolute Gasteiger partial charge is 0.137 e. The molecular weight excluding hydrogens is 709 g/mol. The number of aromatic nitrogens is 2. The van der Waals surface area contributed by atoms with E-state index in [2.05, 4.69) is 153 Å². The minimum atomic E-state index is -2.35. The summed E-state index contributed by atoms with van der Waals surface area (Å²) in [6.45, 7) is 4.29. The summed E-state index contributed by atoms with van der Waals surface area (Å²) in [6.07, 6.45) is 10.8. The maximum absolute atomic E-state index is 8.45. The van der Waals surface area contributed by atoms with Gasteiger partial charge in [0.05, 0.1) is 16.7 Å². The van der Waals surface area contributed by atoms with E-state index in [-0.39, 0.29) is 5.41 Å². The molecule has 4 heterocycles. The molecule has 0 radical (unpaired) electrons. The first-order chi connectivity index (χ1) is 29.5. The van der Waals surface area contributed by atoms with Crippen molar-refractivity contribution < 1.29 is 8.85 Å². The lowest BCUT2D eigenvalue weighted by Gasteiger charge is -2.29. The van der Waals surface area contributed by atoms with E-state index < -0.39 is 13.1 Å². The number of likely N-dealkylation sites (N-methyl/N-ethyl adjacent to an activating group) is 1. The molecule has 0 fully saturated rings. The van der Waals surface area contributed by atoms with Gasteiger partial charge in [0.1, 0.15) is 23.5 Å². The van der Waals surface area contributed by atoms with Gasteiger partial charge in [0.2, 0.25) is 0 Å². The average Bonchev–Trinajstić information content (AvgIpc) is 3.83. The van der Waals surface area contributed by atoms with Gasteiger partial charge in [-0.2, -0.15) is 0 Å². The lowest BCUT2D eigenvalue weighted by Crippen LogP contribution is -2.33. The van der Waals surface area contributed by atoms with E-state index in [0.717, 1.165) is 72.3 Å². The molecule has 0 saturated carbocycles. The van der Waals surface area contributed by atoms with Gasteiger partial charge < -0.3 is 14.5 Å². The normalized spacial score (nSPS) is 15.9. The second-order valence-corrected chi connectivity index (χ2v) is 16.0. The number of benzene rings is 6. The van der Waals surface area contributed by atoms with Crippen molar-refractivity contribution in [3.63, 3.8) is 0 Å². The number of ether oxygens (including phenoxy) is 1. The zero-order valence-corrected chi connectivity index (χ0v) is 32.7. The molecule has 8 aromatic rings. The van der Waals surface area contributed by atoms with Gasteiger partial charge in [-0.1, -0.05) is 124 Å². The van der Waals surface area contributed by atoms with Crippen LogP contribution in [0.15, 0.2) is 188 Å². The van der Waals surface area contributed by atoms with Crippen LogP contribution in [0, 0.1) is 0 Å². The second-order valence-electron chi connectivity index (χ2n) is 16.0. The Bertz CT molecular complexity index is 2990. The number of para-hydroxylation sites is 1. The van der Waals surface area contributed by atoms with E-state index in [4.69, 9.17) is 13.8 Å². The first-order valence-corrected chi connectivity index (χ1v) is 19.7. The van der Waals surface area contributed by atoms with Crippen LogP contribution in [0.1, 0.15) is 36.0 Å². The van der Waals surface area contributed by atoms with Crippen molar-refractivity contribution in [3.8, 4) is 50.7 Å². The molecule has 282 valence electrons. The average molecular weight is 756 g/mol. The van der Waals surface area contributed by atoms with Gasteiger partial charge in [-0.05, 0) is 105 Å². The summed E-state index contributed by atoms with van der Waals surface area (Å²) < 4.78 is 34.6. The van der Waals surface area contributed by atoms with Crippen molar-refractivity contribution in [2.75, 3.05) is 6.98 Å². The molecule has 1 unspecified atom stereocenters. The molecule has 0 N–H and O–H groups in total. The SMILES string of the molecule is [2H]C([2H])([2H])N1C=C(c2cc(Oc3ccc4c5ccccc5n(-c5cc(C(C)(C)C)ccn5)c4c3)cc(-c3c(-c4ccccc4)cccc3-c3ccccc3)c2)N2C=CC=CC21. The molecule has 2 aliphatic heterocycles. The highest BCUT2D eigenvalue weighted by molar-refractivity contribution is 6.09. The Labute approximate surface area is 344 Å². The molecule has 58 heavy (non-hydrogen) atoms. The first kappa shape index (κ1) is 32.0. The topological polar surface area (TPSA) is 33.5 Å². The third kappa shape index (κ3) is 6.25. The van der Waals surface area contributed by atoms with Crippen molar-refractivity contribution >= 4 is 27.5 Å². The third-order valence-corrected chi connectivity index (χ3v) is 11.2. The number of pyridine rings is 1. The van der Waals surface area contributed by atoms with E-state index in [1.54, 1.807) is 6.20 Å². The minimum Gasteiger partial charge on any atom is -0.457 e. The summed E-state index contributed by atoms with van der Waals surface area (Å²) in [5, 5.41) is 2.23. The summed E-state index contributed by atoms with van der Waals surface area (Å²) in [5.74, 6) is 2.12. The number of hydrogen-bond donors (Lipinski definition) is 0. The number of rotatable bonds is 7. The van der Waals surface area contributed by atoms with Crippen LogP contribution < -0.4 is 4.74 Å². The Balaban J connectivity index is 1.18. The van der Waals surface area contributed by atoms with Crippen molar-refractivity contribution in [2.45, 2.75) is 32.4 Å². The van der Waals surface area contributed by atoms with E-state index in [1.807, 2.05) is 59.8 Å². The molecule has 0 bridgehead atoms. The Morgan fingerprint density at radius 3 is 2.07 bits per heavy atom. The summed E-state index contributed by atoms with van der Waals surface area (Å²) >= 11 is 0. The number of hydrogen-bond acceptors (Lipinski definition) is 4. The summed E-state index contributed by atoms with van der Waals surface area (Å²) in [4.78, 5) is 8.35. The summed E-state index contributed by atoms with van der Waals surface area (Å²) in [5.41, 5.74) is 11.1. The predicted octanol–water partition coefficient (Wildman–Crippen LogP) is 13.2. The molecular formula is C53H44N4O. The predicted molar refractivity (Wildman–Crippen MR) is 240 cm³/mol. The van der Waals surface area contributed by atoms with Crippen LogP contribution in [0.3, 0.4) is 0 Å². The van der Waals surface area contributed by atoms with Gasteiger partial charge >= 0.3 is 0 Å². The quantitative estimate of drug-likeness (QED) is 0.162. The van der Waals surface area contributed by atoms with Crippen LogP contribution in [0.25, 0.3) is 66.7 Å². The molecule has 0 aliphatic carbocycles. The maximum Gasteiger partial charge on any atom is 0.137 e. The number of allylic oxidation sites excluding steroid dienone is 2. The fourth-order valence-corrected chi connectivity index (χ4v) is 8.37. The Morgan fingerprint density at radius 2 is 1.33 bits per heavy atom. The van der Waals surface area contributed by atoms with Gasteiger partial charge in [0.15, 0.2) is 0 Å². The number of fused-ring (bicyclic) bond motifs is 4. The monoisotopic (exact) mass is 755 g/mol. The molecule has 5 nitrogen and oxygen atoms in total. The summed E-state index contributed by atoms with van der Waals surface area (Å²) in [6, 6.07) is 52.5. The van der Waals surface area contributed by atoms with Crippen molar-refractivity contribution in [2.24, 2.45) is 0 Å². The fourth-order valence-electron chi connectivity index (χ4n) is 8.37. The molecule has 2 aliphatic rings. The second kappa shape index (κ2) is 14.1. The van der Waals surface area contributed by atoms with E-state index >= 15 is 0 Å². The van der Waals surface area contributed by atoms with Gasteiger partial charge in [0.25, 0.3) is 0 Å². The molecule has 0 amide bonds. The molecule has 6 aromatic carbocycles. The molecule has 1 atom stereocenters. The van der Waals surface area contributed by atoms with Crippen LogP contribution in [0.5, 0.6) is 11.5 Å². The zero-order valence-electron chi connectivity index (χ0n) is 35.7. The first-order valence-electron chi connectivity index (χ1n) is 21.2. The maximum atomic E-state index is 8.45. The molecule has 10 rings (SSSR count). The fraction of sp³-hybridized carbons (Fsp3) is 0.113. The van der Waals surface area contributed by atoms with E-state index in [9.17, 15) is 0 Å². The van der Waals surface area contributed by atoms with Crippen molar-refractivity contribution in [1.82, 2.24) is 19.4 Å². The Morgan fingerprint density at radius 1 is 0.621 bits per heavy atom. The van der Waals surface area contributed by atoms with Crippen molar-refractivity contribution in [3.05, 3.63) is 200 Å². The van der Waals surface area contributed by atoms with Gasteiger partial charge in [-0.25, -0.2) is 4.98 Å². The zero-order chi connectivity index (χ0) is 41.9. The third-order valence-electron chi connectivity index (χ3n) is 11.2. The van der Waals surface area contributed by atoms with E-state index in [1.165, 1.54) is 10.5 Å². The van der Waals surface area contributed by atoms with E-state index in [0.29, 0.717) is 11.5 Å². The van der Waals surface area contributed by atoms with Gasteiger partial charge in [-0.15, -0.1) is 0 Å². The lowest BCUT2D eigenvalue weighted by atomic mass is 9.87. The highest BCUT2D eigenvalue weighted by Gasteiger charge is 2.29. The molecule has 2 aromatic heterocycles. The van der Waals surface area contributed by atoms with Crippen molar-refractivity contribution in [1.29, 1.82) is 0 Å². The summed E-state index contributed by atoms with van der Waals surface area (Å²) in [7, 11) is 0. The highest BCUT2D eigenvalue weighted by Crippen LogP contribution is 2.45. The van der Waals surface area contributed by atoms with Gasteiger partial charge in [0, 0.05) is 52.1 Å².